The second kappa shape index (κ2) is 4.30. The molecular formula is C13H20N2O3. The van der Waals surface area contributed by atoms with Crippen molar-refractivity contribution < 1.29 is 5.11 Å². The van der Waals surface area contributed by atoms with Gasteiger partial charge in [0.1, 0.15) is 0 Å². The second-order valence-corrected chi connectivity index (χ2v) is 5.99. The molecule has 1 aliphatic rings. The molecule has 5 heteroatoms. The summed E-state index contributed by atoms with van der Waals surface area (Å²) in [5, 5.41) is 10.0. The number of rotatable bonds is 1. The lowest BCUT2D eigenvalue weighted by Crippen LogP contribution is -2.36. The summed E-state index contributed by atoms with van der Waals surface area (Å²) in [5.74, 6) is -0.188. The van der Waals surface area contributed by atoms with Crippen molar-refractivity contribution in [3.63, 3.8) is 0 Å². The maximum Gasteiger partial charge on any atom is 0.331 e. The molecule has 0 amide bonds. The molecule has 0 bridgehead atoms. The quantitative estimate of drug-likeness (QED) is 0.798. The minimum atomic E-state index is -0.510. The van der Waals surface area contributed by atoms with Crippen LogP contribution in [0.5, 0.6) is 5.88 Å². The highest BCUT2D eigenvalue weighted by molar-refractivity contribution is 5.21. The van der Waals surface area contributed by atoms with Gasteiger partial charge >= 0.3 is 5.69 Å². The molecule has 0 aliphatic heterocycles. The van der Waals surface area contributed by atoms with Crippen LogP contribution in [-0.2, 0) is 0 Å². The Labute approximate surface area is 105 Å². The van der Waals surface area contributed by atoms with E-state index in [4.69, 9.17) is 0 Å². The molecular weight excluding hydrogens is 232 g/mol. The molecule has 0 aromatic carbocycles. The average molecular weight is 252 g/mol. The van der Waals surface area contributed by atoms with Gasteiger partial charge in [-0.2, -0.15) is 0 Å². The number of aromatic amines is 1. The fourth-order valence-electron chi connectivity index (χ4n) is 2.85. The number of hydrogen-bond acceptors (Lipinski definition) is 3. The van der Waals surface area contributed by atoms with Crippen LogP contribution in [0, 0.1) is 12.3 Å². The molecule has 1 aromatic rings. The van der Waals surface area contributed by atoms with Crippen LogP contribution in [0.25, 0.3) is 0 Å². The number of H-pyrrole nitrogens is 1. The highest BCUT2D eigenvalue weighted by Crippen LogP contribution is 2.41. The molecule has 2 rings (SSSR count). The van der Waals surface area contributed by atoms with E-state index in [1.165, 1.54) is 11.5 Å². The Hall–Kier alpha value is -1.52. The molecule has 1 heterocycles. The third kappa shape index (κ3) is 2.21. The van der Waals surface area contributed by atoms with E-state index in [0.717, 1.165) is 25.7 Å². The van der Waals surface area contributed by atoms with Crippen LogP contribution >= 0.6 is 0 Å². The molecule has 1 aliphatic carbocycles. The first kappa shape index (κ1) is 12.9. The molecule has 1 atom stereocenters. The highest BCUT2D eigenvalue weighted by atomic mass is 16.3. The third-order valence-corrected chi connectivity index (χ3v) is 3.89. The molecule has 1 saturated carbocycles. The first-order valence-corrected chi connectivity index (χ1v) is 6.36. The van der Waals surface area contributed by atoms with Crippen LogP contribution in [-0.4, -0.2) is 14.7 Å². The molecule has 100 valence electrons. The van der Waals surface area contributed by atoms with Gasteiger partial charge in [0.15, 0.2) is 0 Å². The minimum absolute atomic E-state index is 0.0307. The van der Waals surface area contributed by atoms with Gasteiger partial charge in [0.2, 0.25) is 5.88 Å². The molecule has 0 spiro atoms. The largest absolute Gasteiger partial charge is 0.494 e. The van der Waals surface area contributed by atoms with Crippen molar-refractivity contribution in [3.8, 4) is 5.88 Å². The second-order valence-electron chi connectivity index (χ2n) is 5.99. The van der Waals surface area contributed by atoms with Gasteiger partial charge in [-0.1, -0.05) is 20.3 Å². The first-order valence-electron chi connectivity index (χ1n) is 6.36. The van der Waals surface area contributed by atoms with Crippen molar-refractivity contribution in [2.75, 3.05) is 0 Å². The van der Waals surface area contributed by atoms with Crippen molar-refractivity contribution >= 4 is 0 Å². The van der Waals surface area contributed by atoms with E-state index in [1.54, 1.807) is 0 Å². The van der Waals surface area contributed by atoms with Crippen LogP contribution < -0.4 is 11.2 Å². The number of nitrogens with one attached hydrogen (secondary N) is 1. The van der Waals surface area contributed by atoms with Crippen molar-refractivity contribution in [1.82, 2.24) is 9.55 Å². The van der Waals surface area contributed by atoms with Gasteiger partial charge in [-0.25, -0.2) is 4.79 Å². The Balaban J connectivity index is 2.49. The number of hydrogen-bond donors (Lipinski definition) is 2. The van der Waals surface area contributed by atoms with Crippen LogP contribution in [0.3, 0.4) is 0 Å². The van der Waals surface area contributed by atoms with Gasteiger partial charge in [0.05, 0.1) is 5.56 Å². The lowest BCUT2D eigenvalue weighted by Gasteiger charge is -2.36. The Bertz CT molecular complexity index is 569. The summed E-state index contributed by atoms with van der Waals surface area (Å²) in [5.41, 5.74) is -0.647. The predicted octanol–water partition coefficient (Wildman–Crippen LogP) is 1.69. The monoisotopic (exact) mass is 252 g/mol. The number of aromatic hydroxyl groups is 1. The average Bonchev–Trinajstić information content (AvgIpc) is 2.25. The van der Waals surface area contributed by atoms with Gasteiger partial charge in [-0.3, -0.25) is 14.3 Å². The fourth-order valence-corrected chi connectivity index (χ4v) is 2.85. The van der Waals surface area contributed by atoms with Gasteiger partial charge in [0, 0.05) is 6.04 Å². The summed E-state index contributed by atoms with van der Waals surface area (Å²) in [6.07, 6.45) is 3.86. The van der Waals surface area contributed by atoms with Crippen LogP contribution in [0.15, 0.2) is 9.59 Å². The fraction of sp³-hybridized carbons (Fsp3) is 0.692. The molecule has 1 aromatic heterocycles. The Kier molecular flexibility index (Phi) is 3.09. The summed E-state index contributed by atoms with van der Waals surface area (Å²) in [4.78, 5) is 25.5. The topological polar surface area (TPSA) is 75.1 Å². The standard InChI is InChI=1S/C13H20N2O3/c1-8-10(16)14-12(18)15(11(8)17)9-5-4-6-13(2,3)7-9/h9,17H,4-7H2,1-3H3,(H,14,16,18). The zero-order valence-corrected chi connectivity index (χ0v) is 11.1. The van der Waals surface area contributed by atoms with Crippen molar-refractivity contribution in [2.45, 2.75) is 52.5 Å². The van der Waals surface area contributed by atoms with E-state index in [9.17, 15) is 14.7 Å². The molecule has 2 N–H and O–H groups in total. The molecule has 18 heavy (non-hydrogen) atoms. The molecule has 5 nitrogen and oxygen atoms in total. The van der Waals surface area contributed by atoms with Gasteiger partial charge in [0.25, 0.3) is 5.56 Å². The van der Waals surface area contributed by atoms with E-state index >= 15 is 0 Å². The Morgan fingerprint density at radius 1 is 1.39 bits per heavy atom. The van der Waals surface area contributed by atoms with E-state index in [2.05, 4.69) is 18.8 Å². The lowest BCUT2D eigenvalue weighted by molar-refractivity contribution is 0.170. The van der Waals surface area contributed by atoms with Crippen LogP contribution in [0.1, 0.15) is 51.1 Å². The zero-order chi connectivity index (χ0) is 13.5. The van der Waals surface area contributed by atoms with Gasteiger partial charge < -0.3 is 5.11 Å². The Morgan fingerprint density at radius 3 is 2.67 bits per heavy atom. The van der Waals surface area contributed by atoms with E-state index in [-0.39, 0.29) is 22.9 Å². The lowest BCUT2D eigenvalue weighted by atomic mass is 9.75. The zero-order valence-electron chi connectivity index (χ0n) is 11.1. The Morgan fingerprint density at radius 2 is 2.06 bits per heavy atom. The summed E-state index contributed by atoms with van der Waals surface area (Å²) in [6.45, 7) is 5.86. The van der Waals surface area contributed by atoms with Crippen molar-refractivity contribution in [2.24, 2.45) is 5.41 Å². The summed E-state index contributed by atoms with van der Waals surface area (Å²) in [6, 6.07) is -0.0307. The van der Waals surface area contributed by atoms with E-state index in [1.807, 2.05) is 0 Å². The molecule has 1 unspecified atom stereocenters. The van der Waals surface area contributed by atoms with E-state index in [0.29, 0.717) is 0 Å². The highest BCUT2D eigenvalue weighted by Gasteiger charge is 2.31. The van der Waals surface area contributed by atoms with Gasteiger partial charge in [-0.05, 0) is 31.6 Å². The summed E-state index contributed by atoms with van der Waals surface area (Å²) >= 11 is 0. The molecule has 1 fully saturated rings. The van der Waals surface area contributed by atoms with Gasteiger partial charge in [-0.15, -0.1) is 0 Å². The predicted molar refractivity (Wildman–Crippen MR) is 69.0 cm³/mol. The van der Waals surface area contributed by atoms with Crippen molar-refractivity contribution in [1.29, 1.82) is 0 Å². The maximum atomic E-state index is 11.9. The van der Waals surface area contributed by atoms with Crippen LogP contribution in [0.2, 0.25) is 0 Å². The summed E-state index contributed by atoms with van der Waals surface area (Å²) < 4.78 is 1.34. The number of aromatic nitrogens is 2. The normalized spacial score (nSPS) is 22.9. The third-order valence-electron chi connectivity index (χ3n) is 3.89. The minimum Gasteiger partial charge on any atom is -0.494 e. The smallest absolute Gasteiger partial charge is 0.331 e. The molecule has 0 radical (unpaired) electrons. The number of nitrogens with zero attached hydrogens (tertiary/aromatic N) is 1. The molecule has 0 saturated heterocycles. The maximum absolute atomic E-state index is 11.9. The summed E-state index contributed by atoms with van der Waals surface area (Å²) in [7, 11) is 0. The first-order chi connectivity index (χ1) is 8.32. The van der Waals surface area contributed by atoms with Crippen molar-refractivity contribution in [3.05, 3.63) is 26.4 Å². The van der Waals surface area contributed by atoms with E-state index < -0.39 is 11.2 Å². The van der Waals surface area contributed by atoms with Crippen LogP contribution in [0.4, 0.5) is 0 Å². The SMILES string of the molecule is Cc1c(O)n(C2CCCC(C)(C)C2)c(=O)[nH]c1=O.